The highest BCUT2D eigenvalue weighted by atomic mass is 16.3. The van der Waals surface area contributed by atoms with Crippen LogP contribution in [0.3, 0.4) is 0 Å². The van der Waals surface area contributed by atoms with Crippen LogP contribution in [0.5, 0.6) is 0 Å². The Morgan fingerprint density at radius 1 is 1.38 bits per heavy atom. The van der Waals surface area contributed by atoms with Crippen molar-refractivity contribution in [2.24, 2.45) is 5.92 Å². The zero-order chi connectivity index (χ0) is 12.1. The lowest BCUT2D eigenvalue weighted by Gasteiger charge is -2.22. The number of carbonyl (C=O) groups excluding carboxylic acids is 2. The van der Waals surface area contributed by atoms with Gasteiger partial charge in [-0.1, -0.05) is 0 Å². The molecule has 1 saturated heterocycles. The van der Waals surface area contributed by atoms with Gasteiger partial charge in [0.05, 0.1) is 5.92 Å². The number of aliphatic hydroxyl groups excluding tert-OH is 1. The Morgan fingerprint density at radius 2 is 2.06 bits per heavy atom. The summed E-state index contributed by atoms with van der Waals surface area (Å²) >= 11 is 0. The number of hydrogen-bond donors (Lipinski definition) is 2. The van der Waals surface area contributed by atoms with Gasteiger partial charge in [-0.25, -0.2) is 0 Å². The largest absolute Gasteiger partial charge is 0.387 e. The summed E-state index contributed by atoms with van der Waals surface area (Å²) in [4.78, 5) is 26.6. The second-order valence-electron chi connectivity index (χ2n) is 4.07. The number of rotatable bonds is 2. The molecule has 1 aliphatic rings. The lowest BCUT2D eigenvalue weighted by Crippen LogP contribution is -2.42. The third-order valence-electron chi connectivity index (χ3n) is 2.83. The second-order valence-corrected chi connectivity index (χ2v) is 4.07. The van der Waals surface area contributed by atoms with Gasteiger partial charge in [0.2, 0.25) is 11.8 Å². The van der Waals surface area contributed by atoms with Crippen LogP contribution in [0.1, 0.15) is 0 Å². The first kappa shape index (κ1) is 12.9. The fourth-order valence-electron chi connectivity index (χ4n) is 1.87. The SMILES string of the molecule is CNC(=O)C1CN(C)CCN(C(=O)CO)C1. The van der Waals surface area contributed by atoms with E-state index in [1.54, 1.807) is 11.9 Å². The van der Waals surface area contributed by atoms with Crippen molar-refractivity contribution in [1.29, 1.82) is 0 Å². The Labute approximate surface area is 95.2 Å². The summed E-state index contributed by atoms with van der Waals surface area (Å²) in [7, 11) is 3.51. The van der Waals surface area contributed by atoms with E-state index in [2.05, 4.69) is 5.32 Å². The smallest absolute Gasteiger partial charge is 0.248 e. The van der Waals surface area contributed by atoms with Gasteiger partial charge >= 0.3 is 0 Å². The number of nitrogens with one attached hydrogen (secondary N) is 1. The molecule has 92 valence electrons. The molecule has 1 rings (SSSR count). The Hall–Kier alpha value is -1.14. The van der Waals surface area contributed by atoms with E-state index >= 15 is 0 Å². The maximum absolute atomic E-state index is 11.6. The van der Waals surface area contributed by atoms with Crippen molar-refractivity contribution in [2.45, 2.75) is 0 Å². The highest BCUT2D eigenvalue weighted by molar-refractivity contribution is 5.81. The van der Waals surface area contributed by atoms with Crippen LogP contribution in [0.25, 0.3) is 0 Å². The summed E-state index contributed by atoms with van der Waals surface area (Å²) in [5, 5.41) is 11.4. The van der Waals surface area contributed by atoms with E-state index in [-0.39, 0.29) is 17.7 Å². The number of aliphatic hydroxyl groups is 1. The van der Waals surface area contributed by atoms with E-state index in [4.69, 9.17) is 5.11 Å². The molecule has 2 N–H and O–H groups in total. The van der Waals surface area contributed by atoms with Crippen LogP contribution in [-0.2, 0) is 9.59 Å². The quantitative estimate of drug-likeness (QED) is 0.581. The van der Waals surface area contributed by atoms with Crippen molar-refractivity contribution >= 4 is 11.8 Å². The molecule has 16 heavy (non-hydrogen) atoms. The first-order valence-electron chi connectivity index (χ1n) is 5.37. The molecule has 1 aliphatic heterocycles. The van der Waals surface area contributed by atoms with Crippen molar-refractivity contribution in [1.82, 2.24) is 15.1 Å². The van der Waals surface area contributed by atoms with Gasteiger partial charge in [-0.05, 0) is 7.05 Å². The van der Waals surface area contributed by atoms with Gasteiger partial charge in [-0.15, -0.1) is 0 Å². The molecule has 0 radical (unpaired) electrons. The second kappa shape index (κ2) is 5.81. The van der Waals surface area contributed by atoms with E-state index in [0.717, 1.165) is 6.54 Å². The fraction of sp³-hybridized carbons (Fsp3) is 0.800. The standard InChI is InChI=1S/C10H19N3O3/c1-11-10(16)8-5-12(2)3-4-13(6-8)9(15)7-14/h8,14H,3-7H2,1-2H3,(H,11,16). The molecule has 1 unspecified atom stereocenters. The van der Waals surface area contributed by atoms with Gasteiger partial charge in [0.1, 0.15) is 6.61 Å². The topological polar surface area (TPSA) is 72.9 Å². The normalized spacial score (nSPS) is 22.7. The zero-order valence-electron chi connectivity index (χ0n) is 9.77. The number of amides is 2. The lowest BCUT2D eigenvalue weighted by molar-refractivity contribution is -0.135. The Kier molecular flexibility index (Phi) is 4.70. The first-order valence-corrected chi connectivity index (χ1v) is 5.37. The van der Waals surface area contributed by atoms with E-state index in [1.807, 2.05) is 11.9 Å². The lowest BCUT2D eigenvalue weighted by atomic mass is 10.1. The van der Waals surface area contributed by atoms with Gasteiger partial charge < -0.3 is 20.2 Å². The van der Waals surface area contributed by atoms with Crippen molar-refractivity contribution in [3.05, 3.63) is 0 Å². The Bertz CT molecular complexity index is 270. The third kappa shape index (κ3) is 3.18. The van der Waals surface area contributed by atoms with Crippen molar-refractivity contribution in [2.75, 3.05) is 46.9 Å². The van der Waals surface area contributed by atoms with Crippen LogP contribution in [0.2, 0.25) is 0 Å². The number of likely N-dealkylation sites (N-methyl/N-ethyl adjacent to an activating group) is 1. The number of carbonyl (C=O) groups is 2. The molecular formula is C10H19N3O3. The molecule has 0 aliphatic carbocycles. The van der Waals surface area contributed by atoms with E-state index in [1.165, 1.54) is 0 Å². The first-order chi connectivity index (χ1) is 7.58. The van der Waals surface area contributed by atoms with Gasteiger partial charge in [0.25, 0.3) is 0 Å². The van der Waals surface area contributed by atoms with Crippen LogP contribution in [0, 0.1) is 5.92 Å². The monoisotopic (exact) mass is 229 g/mol. The summed E-state index contributed by atoms with van der Waals surface area (Å²) < 4.78 is 0. The summed E-state index contributed by atoms with van der Waals surface area (Å²) in [6, 6.07) is 0. The summed E-state index contributed by atoms with van der Waals surface area (Å²) in [5.41, 5.74) is 0. The summed E-state index contributed by atoms with van der Waals surface area (Å²) in [5.74, 6) is -0.610. The van der Waals surface area contributed by atoms with Crippen molar-refractivity contribution < 1.29 is 14.7 Å². The average molecular weight is 229 g/mol. The van der Waals surface area contributed by atoms with Crippen LogP contribution in [0.4, 0.5) is 0 Å². The minimum Gasteiger partial charge on any atom is -0.387 e. The molecule has 1 fully saturated rings. The molecule has 0 saturated carbocycles. The van der Waals surface area contributed by atoms with Crippen molar-refractivity contribution in [3.8, 4) is 0 Å². The van der Waals surface area contributed by atoms with E-state index in [9.17, 15) is 9.59 Å². The minimum absolute atomic E-state index is 0.0653. The molecule has 0 spiro atoms. The predicted molar refractivity (Wildman–Crippen MR) is 58.7 cm³/mol. The van der Waals surface area contributed by atoms with Gasteiger partial charge in [-0.3, -0.25) is 9.59 Å². The molecule has 6 heteroatoms. The van der Waals surface area contributed by atoms with Crippen LogP contribution in [-0.4, -0.2) is 73.6 Å². The van der Waals surface area contributed by atoms with Crippen LogP contribution >= 0.6 is 0 Å². The van der Waals surface area contributed by atoms with Gasteiger partial charge in [0, 0.05) is 33.2 Å². The fourth-order valence-corrected chi connectivity index (χ4v) is 1.87. The van der Waals surface area contributed by atoms with Gasteiger partial charge in [0.15, 0.2) is 0 Å². The van der Waals surface area contributed by atoms with E-state index < -0.39 is 6.61 Å². The predicted octanol–water partition coefficient (Wildman–Crippen LogP) is -1.89. The molecular weight excluding hydrogens is 210 g/mol. The molecule has 6 nitrogen and oxygen atoms in total. The molecule has 0 aromatic heterocycles. The molecule has 2 amide bonds. The zero-order valence-corrected chi connectivity index (χ0v) is 9.77. The molecule has 0 aromatic rings. The third-order valence-corrected chi connectivity index (χ3v) is 2.83. The average Bonchev–Trinajstić information content (AvgIpc) is 2.49. The maximum Gasteiger partial charge on any atom is 0.248 e. The highest BCUT2D eigenvalue weighted by Crippen LogP contribution is 2.08. The highest BCUT2D eigenvalue weighted by Gasteiger charge is 2.27. The van der Waals surface area contributed by atoms with Crippen LogP contribution < -0.4 is 5.32 Å². The van der Waals surface area contributed by atoms with Crippen molar-refractivity contribution in [3.63, 3.8) is 0 Å². The summed E-state index contributed by atoms with van der Waals surface area (Å²) in [6.07, 6.45) is 0. The molecule has 1 atom stereocenters. The summed E-state index contributed by atoms with van der Waals surface area (Å²) in [6.45, 7) is 1.80. The molecule has 0 aromatic carbocycles. The molecule has 1 heterocycles. The maximum atomic E-state index is 11.6. The minimum atomic E-state index is -0.496. The number of nitrogens with zero attached hydrogens (tertiary/aromatic N) is 2. The number of hydrogen-bond acceptors (Lipinski definition) is 4. The Morgan fingerprint density at radius 3 is 2.62 bits per heavy atom. The van der Waals surface area contributed by atoms with Gasteiger partial charge in [-0.2, -0.15) is 0 Å². The van der Waals surface area contributed by atoms with Crippen LogP contribution in [0.15, 0.2) is 0 Å². The Balaban J connectivity index is 2.70. The molecule has 0 bridgehead atoms. The van der Waals surface area contributed by atoms with E-state index in [0.29, 0.717) is 19.6 Å².